The van der Waals surface area contributed by atoms with Crippen LogP contribution in [-0.2, 0) is 0 Å². The van der Waals surface area contributed by atoms with E-state index in [1.54, 1.807) is 11.1 Å². The Morgan fingerprint density at radius 3 is 2.80 bits per heavy atom. The second-order valence-electron chi connectivity index (χ2n) is 2.98. The van der Waals surface area contributed by atoms with Crippen LogP contribution in [0.3, 0.4) is 0 Å². The summed E-state index contributed by atoms with van der Waals surface area (Å²) in [5.41, 5.74) is 0.908. The monoisotopic (exact) mass is 246 g/mol. The lowest BCUT2D eigenvalue weighted by Crippen LogP contribution is -2.11. The van der Waals surface area contributed by atoms with Gasteiger partial charge >= 0.3 is 0 Å². The van der Waals surface area contributed by atoms with E-state index in [9.17, 15) is 4.39 Å². The van der Waals surface area contributed by atoms with Crippen molar-refractivity contribution in [3.8, 4) is 0 Å². The maximum absolute atomic E-state index is 13.0. The van der Waals surface area contributed by atoms with Gasteiger partial charge in [-0.05, 0) is 17.7 Å². The number of hydrogen-bond donors (Lipinski definition) is 1. The van der Waals surface area contributed by atoms with Gasteiger partial charge in [-0.15, -0.1) is 12.6 Å². The molecule has 1 aromatic rings. The first kappa shape index (κ1) is 12.4. The first-order chi connectivity index (χ1) is 6.66. The molecule has 0 saturated carbocycles. The highest BCUT2D eigenvalue weighted by Crippen LogP contribution is 2.38. The molecule has 2 N–H and O–H groups in total. The van der Waals surface area contributed by atoms with Gasteiger partial charge in [-0.25, -0.2) is 4.39 Å². The number of rotatable bonds is 1. The minimum absolute atomic E-state index is 0. The van der Waals surface area contributed by atoms with E-state index in [0.717, 1.165) is 5.56 Å². The van der Waals surface area contributed by atoms with Crippen LogP contribution in [0.2, 0.25) is 0 Å². The molecule has 0 aromatic heterocycles. The first-order valence-electron chi connectivity index (χ1n) is 4.09. The average molecular weight is 246 g/mol. The van der Waals surface area contributed by atoms with Gasteiger partial charge in [0.05, 0.1) is 0 Å². The summed E-state index contributed by atoms with van der Waals surface area (Å²) < 4.78 is 13.7. The third kappa shape index (κ3) is 2.64. The summed E-state index contributed by atoms with van der Waals surface area (Å²) in [6.07, 6.45) is 0. The van der Waals surface area contributed by atoms with Crippen molar-refractivity contribution in [1.29, 1.82) is 0 Å². The second kappa shape index (κ2) is 4.87. The SMILES string of the molecule is CN1N=C(S)SC1c1cccc(F)c1.O. The fourth-order valence-corrected chi connectivity index (χ4v) is 2.63. The van der Waals surface area contributed by atoms with Crippen LogP contribution in [0.5, 0.6) is 0 Å². The van der Waals surface area contributed by atoms with E-state index < -0.39 is 0 Å². The lowest BCUT2D eigenvalue weighted by molar-refractivity contribution is 0.347. The second-order valence-corrected chi connectivity index (χ2v) is 4.78. The number of hydrazone groups is 1. The van der Waals surface area contributed by atoms with Gasteiger partial charge in [-0.1, -0.05) is 23.9 Å². The van der Waals surface area contributed by atoms with Gasteiger partial charge in [0.2, 0.25) is 0 Å². The van der Waals surface area contributed by atoms with Crippen LogP contribution < -0.4 is 0 Å². The molecule has 6 heteroatoms. The third-order valence-corrected chi connectivity index (χ3v) is 3.43. The minimum atomic E-state index is -0.218. The van der Waals surface area contributed by atoms with E-state index >= 15 is 0 Å². The summed E-state index contributed by atoms with van der Waals surface area (Å²) in [4.78, 5) is 0. The van der Waals surface area contributed by atoms with Gasteiger partial charge in [0, 0.05) is 7.05 Å². The molecule has 1 heterocycles. The Morgan fingerprint density at radius 1 is 1.53 bits per heavy atom. The standard InChI is InChI=1S/C9H9FN2S2.H2O/c1-12-8(14-9(13)11-12)6-3-2-4-7(10)5-6;/h2-5,8H,1H3,(H,11,13);1H2. The van der Waals surface area contributed by atoms with E-state index in [1.807, 2.05) is 13.1 Å². The smallest absolute Gasteiger partial charge is 0.149 e. The van der Waals surface area contributed by atoms with Crippen LogP contribution in [0.15, 0.2) is 29.4 Å². The van der Waals surface area contributed by atoms with Crippen molar-refractivity contribution in [2.24, 2.45) is 5.10 Å². The Hall–Kier alpha value is -0.720. The molecule has 0 spiro atoms. The van der Waals surface area contributed by atoms with Gasteiger partial charge in [0.25, 0.3) is 0 Å². The highest BCUT2D eigenvalue weighted by Gasteiger charge is 2.24. The summed E-state index contributed by atoms with van der Waals surface area (Å²) in [7, 11) is 1.85. The van der Waals surface area contributed by atoms with Crippen LogP contribution in [0, 0.1) is 5.82 Å². The van der Waals surface area contributed by atoms with Crippen molar-refractivity contribution in [3.63, 3.8) is 0 Å². The van der Waals surface area contributed by atoms with Gasteiger partial charge in [0.15, 0.2) is 0 Å². The zero-order chi connectivity index (χ0) is 10.1. The maximum Gasteiger partial charge on any atom is 0.149 e. The van der Waals surface area contributed by atoms with Crippen LogP contribution >= 0.6 is 24.4 Å². The Bertz CT molecular complexity index is 386. The summed E-state index contributed by atoms with van der Waals surface area (Å²) in [5, 5.41) is 5.95. The van der Waals surface area contributed by atoms with Gasteiger partial charge in [0.1, 0.15) is 15.6 Å². The third-order valence-electron chi connectivity index (χ3n) is 1.93. The van der Waals surface area contributed by atoms with Gasteiger partial charge in [-0.3, -0.25) is 5.01 Å². The molecule has 3 nitrogen and oxygen atoms in total. The molecule has 2 rings (SSSR count). The molecule has 1 aromatic carbocycles. The van der Waals surface area contributed by atoms with Crippen LogP contribution in [0.25, 0.3) is 0 Å². The van der Waals surface area contributed by atoms with Gasteiger partial charge in [-0.2, -0.15) is 5.10 Å². The molecule has 1 atom stereocenters. The molecule has 82 valence electrons. The lowest BCUT2D eigenvalue weighted by Gasteiger charge is -2.17. The quantitative estimate of drug-likeness (QED) is 0.769. The van der Waals surface area contributed by atoms with E-state index in [2.05, 4.69) is 17.7 Å². The number of nitrogens with zero attached hydrogens (tertiary/aromatic N) is 2. The molecule has 0 saturated heterocycles. The molecular weight excluding hydrogens is 235 g/mol. The molecule has 1 unspecified atom stereocenters. The molecule has 0 fully saturated rings. The Kier molecular flexibility index (Phi) is 4.01. The molecule has 0 aliphatic carbocycles. The predicted molar refractivity (Wildman–Crippen MR) is 64.5 cm³/mol. The number of hydrogen-bond acceptors (Lipinski definition) is 3. The highest BCUT2D eigenvalue weighted by molar-refractivity contribution is 8.32. The zero-order valence-electron chi connectivity index (χ0n) is 8.01. The van der Waals surface area contributed by atoms with Gasteiger partial charge < -0.3 is 5.48 Å². The lowest BCUT2D eigenvalue weighted by atomic mass is 10.2. The predicted octanol–water partition coefficient (Wildman–Crippen LogP) is 1.88. The molecule has 0 bridgehead atoms. The van der Waals surface area contributed by atoms with Crippen molar-refractivity contribution >= 4 is 28.8 Å². The van der Waals surface area contributed by atoms with Crippen molar-refractivity contribution in [2.75, 3.05) is 7.05 Å². The highest BCUT2D eigenvalue weighted by atomic mass is 32.2. The summed E-state index contributed by atoms with van der Waals surface area (Å²) >= 11 is 5.67. The maximum atomic E-state index is 13.0. The molecule has 1 aliphatic rings. The molecule has 1 aliphatic heterocycles. The van der Waals surface area contributed by atoms with Crippen LogP contribution in [0.4, 0.5) is 4.39 Å². The molecule has 15 heavy (non-hydrogen) atoms. The number of thiol groups is 1. The summed E-state index contributed by atoms with van der Waals surface area (Å²) in [6.45, 7) is 0. The van der Waals surface area contributed by atoms with Crippen molar-refractivity contribution in [2.45, 2.75) is 5.37 Å². The fraction of sp³-hybridized carbons (Fsp3) is 0.222. The van der Waals surface area contributed by atoms with Crippen LogP contribution in [0.1, 0.15) is 10.9 Å². The van der Waals surface area contributed by atoms with E-state index in [1.165, 1.54) is 23.9 Å². The van der Waals surface area contributed by atoms with E-state index in [-0.39, 0.29) is 16.7 Å². The average Bonchev–Trinajstić information content (AvgIpc) is 2.45. The molecule has 0 radical (unpaired) electrons. The normalized spacial score (nSPS) is 19.8. The first-order valence-corrected chi connectivity index (χ1v) is 5.42. The van der Waals surface area contributed by atoms with E-state index in [0.29, 0.717) is 4.38 Å². The largest absolute Gasteiger partial charge is 0.412 e. The number of halogens is 1. The topological polar surface area (TPSA) is 47.1 Å². The Morgan fingerprint density at radius 2 is 2.27 bits per heavy atom. The van der Waals surface area contributed by atoms with Crippen LogP contribution in [-0.4, -0.2) is 21.9 Å². The Balaban J connectivity index is 0.00000112. The van der Waals surface area contributed by atoms with Crippen molar-refractivity contribution in [3.05, 3.63) is 35.6 Å². The number of benzene rings is 1. The fourth-order valence-electron chi connectivity index (χ4n) is 1.33. The van der Waals surface area contributed by atoms with E-state index in [4.69, 9.17) is 0 Å². The zero-order valence-corrected chi connectivity index (χ0v) is 9.73. The Labute approximate surface area is 97.1 Å². The van der Waals surface area contributed by atoms with Crippen molar-refractivity contribution < 1.29 is 9.87 Å². The molecule has 0 amide bonds. The minimum Gasteiger partial charge on any atom is -0.412 e. The molecular formula is C9H11FN2OS2. The summed E-state index contributed by atoms with van der Waals surface area (Å²) in [5.74, 6) is -0.218. The number of thioether (sulfide) groups is 1. The summed E-state index contributed by atoms with van der Waals surface area (Å²) in [6, 6.07) is 6.55. The van der Waals surface area contributed by atoms with Crippen molar-refractivity contribution in [1.82, 2.24) is 5.01 Å².